The molecule has 2 aliphatic heterocycles. The van der Waals surface area contributed by atoms with Crippen LogP contribution in [-0.4, -0.2) is 132 Å². The van der Waals surface area contributed by atoms with Gasteiger partial charge in [-0.2, -0.15) is 0 Å². The van der Waals surface area contributed by atoms with Gasteiger partial charge in [0.05, 0.1) is 106 Å². The molecule has 12 heteroatoms. The summed E-state index contributed by atoms with van der Waals surface area (Å²) in [6.45, 7) is 8.86. The summed E-state index contributed by atoms with van der Waals surface area (Å²) in [4.78, 5) is 0. The monoisotopic (exact) mass is 828 g/mol. The molecule has 0 saturated heterocycles. The maximum absolute atomic E-state index is 6.71. The molecule has 0 saturated carbocycles. The van der Waals surface area contributed by atoms with Crippen molar-refractivity contribution in [3.05, 3.63) is 117 Å². The molecule has 324 valence electrons. The van der Waals surface area contributed by atoms with Crippen molar-refractivity contribution in [3.8, 4) is 23.0 Å². The van der Waals surface area contributed by atoms with E-state index in [-0.39, 0.29) is 0 Å². The van der Waals surface area contributed by atoms with Crippen molar-refractivity contribution in [2.75, 3.05) is 132 Å². The molecule has 4 aromatic rings. The van der Waals surface area contributed by atoms with E-state index in [0.717, 1.165) is 67.5 Å². The molecule has 4 aromatic carbocycles. The highest BCUT2D eigenvalue weighted by Gasteiger charge is 2.22. The summed E-state index contributed by atoms with van der Waals surface area (Å²) in [5.74, 6) is 3.34. The summed E-state index contributed by atoms with van der Waals surface area (Å²) in [5.41, 5.74) is 8.43. The van der Waals surface area contributed by atoms with Crippen LogP contribution in [-0.2, 0) is 63.6 Å². The first kappa shape index (κ1) is 43.8. The van der Waals surface area contributed by atoms with Crippen LogP contribution in [0.4, 0.5) is 0 Å². The maximum Gasteiger partial charge on any atom is 0.126 e. The molecule has 0 amide bonds. The fourth-order valence-corrected chi connectivity index (χ4v) is 7.56. The predicted octanol–water partition coefficient (Wildman–Crippen LogP) is 6.04. The van der Waals surface area contributed by atoms with Crippen LogP contribution in [0.2, 0.25) is 0 Å². The largest absolute Gasteiger partial charge is 0.491 e. The number of para-hydroxylation sites is 4. The maximum atomic E-state index is 6.71. The lowest BCUT2D eigenvalue weighted by atomic mass is 9.91. The minimum absolute atomic E-state index is 0.376. The van der Waals surface area contributed by atoms with Gasteiger partial charge in [-0.1, -0.05) is 72.8 Å². The molecule has 0 N–H and O–H groups in total. The summed E-state index contributed by atoms with van der Waals surface area (Å²) in [6, 6.07) is 25.6. The van der Waals surface area contributed by atoms with Crippen LogP contribution in [0.15, 0.2) is 72.8 Å². The molecule has 1 aliphatic carbocycles. The second kappa shape index (κ2) is 24.9. The minimum atomic E-state index is 0.376. The molecule has 60 heavy (non-hydrogen) atoms. The van der Waals surface area contributed by atoms with Gasteiger partial charge in [0.1, 0.15) is 49.4 Å². The summed E-state index contributed by atoms with van der Waals surface area (Å²) in [5, 5.41) is 0. The fourth-order valence-electron chi connectivity index (χ4n) is 7.56. The SMILES string of the molecule is c1cc2c3c(c1)Cc1cccc4c1OCCOCCOCCOCCOc1c(cccc1Cc1cccc(c1OCCOCCOCCOCCOCCOCCO3)C4)C2. The van der Waals surface area contributed by atoms with Crippen LogP contribution in [0.5, 0.6) is 23.0 Å². The third kappa shape index (κ3) is 13.4. The van der Waals surface area contributed by atoms with Crippen molar-refractivity contribution < 1.29 is 56.8 Å². The molecule has 0 spiro atoms. The quantitative estimate of drug-likeness (QED) is 0.182. The van der Waals surface area contributed by atoms with Gasteiger partial charge in [-0.15, -0.1) is 0 Å². The topological polar surface area (TPSA) is 111 Å². The van der Waals surface area contributed by atoms with E-state index in [9.17, 15) is 0 Å². The first-order valence-corrected chi connectivity index (χ1v) is 21.4. The molecule has 12 bridgehead atoms. The predicted molar refractivity (Wildman–Crippen MR) is 226 cm³/mol. The third-order valence-electron chi connectivity index (χ3n) is 10.4. The molecule has 0 radical (unpaired) electrons. The van der Waals surface area contributed by atoms with Gasteiger partial charge in [0.15, 0.2) is 0 Å². The van der Waals surface area contributed by atoms with Gasteiger partial charge in [0.25, 0.3) is 0 Å². The minimum Gasteiger partial charge on any atom is -0.491 e. The molecule has 0 atom stereocenters. The molecule has 0 aromatic heterocycles. The number of hydrogen-bond acceptors (Lipinski definition) is 12. The third-order valence-corrected chi connectivity index (χ3v) is 10.4. The Labute approximate surface area is 354 Å². The number of ether oxygens (including phenoxy) is 12. The summed E-state index contributed by atoms with van der Waals surface area (Å²) >= 11 is 0. The van der Waals surface area contributed by atoms with Crippen LogP contribution < -0.4 is 18.9 Å². The van der Waals surface area contributed by atoms with Crippen molar-refractivity contribution in [1.29, 1.82) is 0 Å². The number of benzene rings is 4. The van der Waals surface area contributed by atoms with E-state index in [1.54, 1.807) is 0 Å². The zero-order chi connectivity index (χ0) is 40.9. The first-order valence-electron chi connectivity index (χ1n) is 21.4. The van der Waals surface area contributed by atoms with Crippen LogP contribution in [0.3, 0.4) is 0 Å². The van der Waals surface area contributed by atoms with Crippen LogP contribution >= 0.6 is 0 Å². The highest BCUT2D eigenvalue weighted by molar-refractivity contribution is 5.56. The van der Waals surface area contributed by atoms with E-state index in [0.29, 0.717) is 158 Å². The molecular weight excluding hydrogens is 769 g/mol. The summed E-state index contributed by atoms with van der Waals surface area (Å²) < 4.78 is 73.4. The molecule has 3 aliphatic rings. The van der Waals surface area contributed by atoms with Gasteiger partial charge < -0.3 is 56.8 Å². The molecule has 2 heterocycles. The second-order valence-electron chi connectivity index (χ2n) is 14.6. The lowest BCUT2D eigenvalue weighted by Crippen LogP contribution is -2.17. The number of hydrogen-bond donors (Lipinski definition) is 0. The van der Waals surface area contributed by atoms with E-state index < -0.39 is 0 Å². The Kier molecular flexibility index (Phi) is 18.2. The molecule has 0 fully saturated rings. The summed E-state index contributed by atoms with van der Waals surface area (Å²) in [6.07, 6.45) is 2.35. The van der Waals surface area contributed by atoms with E-state index >= 15 is 0 Å². The van der Waals surface area contributed by atoms with Crippen LogP contribution in [0.1, 0.15) is 44.5 Å². The Morgan fingerprint density at radius 1 is 0.200 bits per heavy atom. The number of rotatable bonds is 0. The molecule has 12 nitrogen and oxygen atoms in total. The van der Waals surface area contributed by atoms with Crippen LogP contribution in [0, 0.1) is 0 Å². The van der Waals surface area contributed by atoms with Gasteiger partial charge in [0, 0.05) is 25.7 Å². The molecule has 0 unspecified atom stereocenters. The molecule has 7 rings (SSSR count). The van der Waals surface area contributed by atoms with Crippen LogP contribution in [0.25, 0.3) is 0 Å². The van der Waals surface area contributed by atoms with Crippen molar-refractivity contribution >= 4 is 0 Å². The Morgan fingerprint density at radius 3 is 0.517 bits per heavy atom. The highest BCUT2D eigenvalue weighted by Crippen LogP contribution is 2.39. The zero-order valence-electron chi connectivity index (χ0n) is 34.8. The Morgan fingerprint density at radius 2 is 0.350 bits per heavy atom. The van der Waals surface area contributed by atoms with Gasteiger partial charge in [-0.25, -0.2) is 0 Å². The van der Waals surface area contributed by atoms with Gasteiger partial charge in [-0.05, 0) is 44.5 Å². The van der Waals surface area contributed by atoms with Gasteiger partial charge in [0.2, 0.25) is 0 Å². The summed E-state index contributed by atoms with van der Waals surface area (Å²) in [7, 11) is 0. The normalized spacial score (nSPS) is 19.1. The first-order chi connectivity index (χ1) is 29.8. The lowest BCUT2D eigenvalue weighted by molar-refractivity contribution is -0.0142. The second-order valence-corrected chi connectivity index (χ2v) is 14.6. The van der Waals surface area contributed by atoms with Crippen molar-refractivity contribution in [3.63, 3.8) is 0 Å². The van der Waals surface area contributed by atoms with E-state index in [1.807, 2.05) is 0 Å². The Bertz CT molecular complexity index is 1650. The highest BCUT2D eigenvalue weighted by atomic mass is 16.6. The van der Waals surface area contributed by atoms with Gasteiger partial charge >= 0.3 is 0 Å². The average Bonchev–Trinajstić information content (AvgIpc) is 3.25. The van der Waals surface area contributed by atoms with Crippen molar-refractivity contribution in [2.45, 2.75) is 25.7 Å². The van der Waals surface area contributed by atoms with E-state index in [2.05, 4.69) is 72.8 Å². The van der Waals surface area contributed by atoms with E-state index in [1.165, 1.54) is 0 Å². The van der Waals surface area contributed by atoms with Crippen molar-refractivity contribution in [1.82, 2.24) is 0 Å². The van der Waals surface area contributed by atoms with Crippen molar-refractivity contribution in [2.24, 2.45) is 0 Å². The zero-order valence-corrected chi connectivity index (χ0v) is 34.8. The van der Waals surface area contributed by atoms with Gasteiger partial charge in [-0.3, -0.25) is 0 Å². The van der Waals surface area contributed by atoms with E-state index in [4.69, 9.17) is 56.8 Å². The standard InChI is InChI=1S/C48H60O12/c1-5-37-33-41-9-3-11-43-35-39-7-2-8-40-36-44-12-4-10-42(48(44)60-32-28-56-24-20-52-19-23-55-27-31-59-47(41)43)34-38(6-1)45(37)57-29-25-53-21-17-50-15-13-49-14-16-51-18-22-54-26-30-58-46(39)40/h1-12H,13-36H2. The average molecular weight is 829 g/mol. The Hall–Kier alpha value is -4.24. The fraction of sp³-hybridized carbons (Fsp3) is 0.500. The Balaban J connectivity index is 1.31. The lowest BCUT2D eigenvalue weighted by Gasteiger charge is -2.23. The smallest absolute Gasteiger partial charge is 0.126 e. The molecular formula is C48H60O12.